The average Bonchev–Trinajstić information content (AvgIpc) is 2.71. The highest BCUT2D eigenvalue weighted by atomic mass is 16.5. The van der Waals surface area contributed by atoms with Gasteiger partial charge < -0.3 is 20.3 Å². The Labute approximate surface area is 163 Å². The van der Waals surface area contributed by atoms with Gasteiger partial charge in [-0.25, -0.2) is 4.98 Å². The van der Waals surface area contributed by atoms with Gasteiger partial charge in [-0.2, -0.15) is 0 Å². The Kier molecular flexibility index (Phi) is 7.33. The third-order valence-electron chi connectivity index (χ3n) is 5.76. The maximum absolute atomic E-state index is 5.64. The van der Waals surface area contributed by atoms with E-state index in [0.717, 1.165) is 43.9 Å². The van der Waals surface area contributed by atoms with E-state index in [9.17, 15) is 0 Å². The lowest BCUT2D eigenvalue weighted by Crippen LogP contribution is -2.45. The van der Waals surface area contributed by atoms with Gasteiger partial charge >= 0.3 is 0 Å². The van der Waals surface area contributed by atoms with Gasteiger partial charge in [0, 0.05) is 38.9 Å². The first kappa shape index (κ1) is 19.9. The van der Waals surface area contributed by atoms with Crippen molar-refractivity contribution < 1.29 is 4.74 Å². The fraction of sp³-hybridized carbons (Fsp3) is 0.714. The smallest absolute Gasteiger partial charge is 0.191 e. The van der Waals surface area contributed by atoms with E-state index in [1.54, 1.807) is 0 Å². The molecule has 1 aromatic rings. The van der Waals surface area contributed by atoms with E-state index in [4.69, 9.17) is 4.74 Å². The molecule has 3 atom stereocenters. The number of hydrogen-bond donors (Lipinski definition) is 2. The molecule has 1 saturated heterocycles. The molecule has 0 spiro atoms. The van der Waals surface area contributed by atoms with Crippen molar-refractivity contribution >= 4 is 11.8 Å². The third kappa shape index (κ3) is 5.83. The summed E-state index contributed by atoms with van der Waals surface area (Å²) in [7, 11) is 1.85. The first-order valence-corrected chi connectivity index (χ1v) is 10.5. The quantitative estimate of drug-likeness (QED) is 0.614. The van der Waals surface area contributed by atoms with Crippen molar-refractivity contribution in [3.05, 3.63) is 23.9 Å². The second-order valence-corrected chi connectivity index (χ2v) is 7.86. The van der Waals surface area contributed by atoms with Gasteiger partial charge in [0.25, 0.3) is 0 Å². The first-order valence-electron chi connectivity index (χ1n) is 10.5. The van der Waals surface area contributed by atoms with E-state index in [1.807, 2.05) is 13.2 Å². The van der Waals surface area contributed by atoms with Crippen LogP contribution in [-0.4, -0.2) is 49.8 Å². The number of guanidine groups is 1. The Hall–Kier alpha value is -1.82. The van der Waals surface area contributed by atoms with Gasteiger partial charge in [-0.15, -0.1) is 0 Å². The summed E-state index contributed by atoms with van der Waals surface area (Å²) in [4.78, 5) is 11.3. The van der Waals surface area contributed by atoms with E-state index in [-0.39, 0.29) is 6.10 Å². The lowest BCUT2D eigenvalue weighted by atomic mass is 9.84. The van der Waals surface area contributed by atoms with Crippen molar-refractivity contribution in [3.8, 4) is 0 Å². The minimum Gasteiger partial charge on any atom is -0.375 e. The van der Waals surface area contributed by atoms with Gasteiger partial charge in [0.1, 0.15) is 5.82 Å². The zero-order valence-corrected chi connectivity index (χ0v) is 17.1. The molecule has 0 aromatic carbocycles. The lowest BCUT2D eigenvalue weighted by molar-refractivity contribution is 0.0529. The van der Waals surface area contributed by atoms with E-state index >= 15 is 0 Å². The molecule has 6 heteroatoms. The van der Waals surface area contributed by atoms with Gasteiger partial charge in [-0.1, -0.05) is 26.2 Å². The van der Waals surface area contributed by atoms with Crippen LogP contribution in [0.4, 0.5) is 5.82 Å². The Morgan fingerprint density at radius 2 is 2.30 bits per heavy atom. The number of nitrogens with zero attached hydrogens (tertiary/aromatic N) is 3. The van der Waals surface area contributed by atoms with E-state index < -0.39 is 0 Å². The van der Waals surface area contributed by atoms with Crippen molar-refractivity contribution in [2.45, 2.75) is 64.6 Å². The number of pyridine rings is 1. The normalized spacial score (nSPS) is 26.7. The van der Waals surface area contributed by atoms with Crippen molar-refractivity contribution in [1.29, 1.82) is 0 Å². The molecule has 1 aromatic heterocycles. The van der Waals surface area contributed by atoms with Crippen LogP contribution >= 0.6 is 0 Å². The number of morpholine rings is 1. The Morgan fingerprint density at radius 3 is 3.07 bits per heavy atom. The second kappa shape index (κ2) is 9.93. The summed E-state index contributed by atoms with van der Waals surface area (Å²) in [5.41, 5.74) is 1.22. The summed E-state index contributed by atoms with van der Waals surface area (Å²) in [6.45, 7) is 7.73. The van der Waals surface area contributed by atoms with Crippen LogP contribution in [0.25, 0.3) is 0 Å². The van der Waals surface area contributed by atoms with Crippen LogP contribution in [-0.2, 0) is 11.3 Å². The standard InChI is InChI=1S/C21H35N5O/c1-4-17-6-5-7-19(12-17)25-21(22-3)24-14-18-8-9-23-20(13-18)26-10-11-27-16(2)15-26/h8-9,13,16-17,19H,4-7,10-12,14-15H2,1-3H3,(H2,22,24,25). The maximum Gasteiger partial charge on any atom is 0.191 e. The largest absolute Gasteiger partial charge is 0.375 e. The van der Waals surface area contributed by atoms with Gasteiger partial charge in [-0.05, 0) is 43.4 Å². The first-order chi connectivity index (χ1) is 13.2. The zero-order valence-electron chi connectivity index (χ0n) is 17.1. The molecule has 1 aliphatic carbocycles. The summed E-state index contributed by atoms with van der Waals surface area (Å²) < 4.78 is 5.64. The van der Waals surface area contributed by atoms with Crippen LogP contribution in [0.1, 0.15) is 51.5 Å². The fourth-order valence-corrected chi connectivity index (χ4v) is 4.14. The monoisotopic (exact) mass is 373 g/mol. The van der Waals surface area contributed by atoms with Crippen LogP contribution < -0.4 is 15.5 Å². The molecule has 3 rings (SSSR count). The fourth-order valence-electron chi connectivity index (χ4n) is 4.14. The molecule has 2 heterocycles. The zero-order chi connectivity index (χ0) is 19.1. The number of hydrogen-bond acceptors (Lipinski definition) is 4. The molecule has 27 heavy (non-hydrogen) atoms. The van der Waals surface area contributed by atoms with Gasteiger partial charge in [0.2, 0.25) is 0 Å². The Balaban J connectivity index is 1.53. The lowest BCUT2D eigenvalue weighted by Gasteiger charge is -2.32. The molecule has 1 saturated carbocycles. The number of anilines is 1. The SMILES string of the molecule is CCC1CCCC(NC(=NC)NCc2ccnc(N3CCOC(C)C3)c2)C1. The molecule has 6 nitrogen and oxygen atoms in total. The van der Waals surface area contributed by atoms with Crippen molar-refractivity contribution in [2.24, 2.45) is 10.9 Å². The maximum atomic E-state index is 5.64. The predicted octanol–water partition coefficient (Wildman–Crippen LogP) is 2.94. The second-order valence-electron chi connectivity index (χ2n) is 7.86. The Morgan fingerprint density at radius 1 is 1.41 bits per heavy atom. The Bertz CT molecular complexity index is 620. The number of nitrogens with one attached hydrogen (secondary N) is 2. The molecule has 3 unspecified atom stereocenters. The summed E-state index contributed by atoms with van der Waals surface area (Å²) in [5.74, 6) is 2.79. The summed E-state index contributed by atoms with van der Waals surface area (Å²) in [6.07, 6.45) is 8.63. The van der Waals surface area contributed by atoms with Crippen molar-refractivity contribution in [2.75, 3.05) is 31.6 Å². The molecule has 2 fully saturated rings. The number of ether oxygens (including phenoxy) is 1. The van der Waals surface area contributed by atoms with Crippen LogP contribution in [0.15, 0.2) is 23.3 Å². The minimum absolute atomic E-state index is 0.257. The number of aliphatic imine (C=N–C) groups is 1. The predicted molar refractivity (Wildman–Crippen MR) is 111 cm³/mol. The highest BCUT2D eigenvalue weighted by Gasteiger charge is 2.21. The molecule has 0 bridgehead atoms. The molecule has 0 radical (unpaired) electrons. The molecule has 150 valence electrons. The van der Waals surface area contributed by atoms with Crippen LogP contribution in [0.3, 0.4) is 0 Å². The topological polar surface area (TPSA) is 61.8 Å². The van der Waals surface area contributed by atoms with Crippen LogP contribution in [0.2, 0.25) is 0 Å². The number of rotatable bonds is 5. The van der Waals surface area contributed by atoms with Gasteiger partial charge in [0.05, 0.1) is 12.7 Å². The highest BCUT2D eigenvalue weighted by molar-refractivity contribution is 5.80. The molecule has 2 aliphatic rings. The molecule has 0 amide bonds. The van der Waals surface area contributed by atoms with Crippen LogP contribution in [0.5, 0.6) is 0 Å². The third-order valence-corrected chi connectivity index (χ3v) is 5.76. The summed E-state index contributed by atoms with van der Waals surface area (Å²) in [6, 6.07) is 4.78. The molecular weight excluding hydrogens is 338 g/mol. The molecular formula is C21H35N5O. The van der Waals surface area contributed by atoms with E-state index in [0.29, 0.717) is 6.04 Å². The van der Waals surface area contributed by atoms with Crippen molar-refractivity contribution in [3.63, 3.8) is 0 Å². The minimum atomic E-state index is 0.257. The molecule has 2 N–H and O–H groups in total. The summed E-state index contributed by atoms with van der Waals surface area (Å²) in [5, 5.41) is 7.09. The van der Waals surface area contributed by atoms with Gasteiger partial charge in [-0.3, -0.25) is 4.99 Å². The highest BCUT2D eigenvalue weighted by Crippen LogP contribution is 2.26. The average molecular weight is 374 g/mol. The van der Waals surface area contributed by atoms with Crippen LogP contribution in [0, 0.1) is 5.92 Å². The van der Waals surface area contributed by atoms with E-state index in [2.05, 4.69) is 51.5 Å². The van der Waals surface area contributed by atoms with E-state index in [1.165, 1.54) is 37.7 Å². The van der Waals surface area contributed by atoms with Gasteiger partial charge in [0.15, 0.2) is 5.96 Å². The number of aromatic nitrogens is 1. The summed E-state index contributed by atoms with van der Waals surface area (Å²) >= 11 is 0. The molecule has 1 aliphatic heterocycles. The van der Waals surface area contributed by atoms with Crippen molar-refractivity contribution in [1.82, 2.24) is 15.6 Å².